The van der Waals surface area contributed by atoms with E-state index in [0.717, 1.165) is 54.4 Å². The summed E-state index contributed by atoms with van der Waals surface area (Å²) < 4.78 is 5.45. The second kappa shape index (κ2) is 8.16. The van der Waals surface area contributed by atoms with E-state index in [1.807, 2.05) is 38.4 Å². The van der Waals surface area contributed by atoms with Crippen molar-refractivity contribution in [2.45, 2.75) is 19.5 Å². The van der Waals surface area contributed by atoms with Crippen LogP contribution < -0.4 is 21.1 Å². The van der Waals surface area contributed by atoms with Crippen molar-refractivity contribution in [1.82, 2.24) is 15.3 Å². The Morgan fingerprint density at radius 1 is 1.12 bits per heavy atom. The summed E-state index contributed by atoms with van der Waals surface area (Å²) in [5, 5.41) is 7.12. The summed E-state index contributed by atoms with van der Waals surface area (Å²) in [6, 6.07) is 12.3. The van der Waals surface area contributed by atoms with Crippen molar-refractivity contribution in [3.8, 4) is 0 Å². The smallest absolute Gasteiger partial charge is 0.256 e. The van der Waals surface area contributed by atoms with Crippen LogP contribution >= 0.6 is 0 Å². The maximum absolute atomic E-state index is 12.8. The van der Waals surface area contributed by atoms with E-state index in [-0.39, 0.29) is 5.56 Å². The molecule has 1 aromatic carbocycles. The Bertz CT molecular complexity index is 1210. The number of nitrogens with zero attached hydrogens (tertiary/aromatic N) is 2. The summed E-state index contributed by atoms with van der Waals surface area (Å²) in [5.74, 6) is 0. The average molecular weight is 430 g/mol. The molecule has 0 aliphatic carbocycles. The molecule has 5 rings (SSSR count). The predicted molar refractivity (Wildman–Crippen MR) is 127 cm³/mol. The maximum atomic E-state index is 12.8. The summed E-state index contributed by atoms with van der Waals surface area (Å²) >= 11 is 0. The first kappa shape index (κ1) is 20.3. The number of benzene rings is 1. The fourth-order valence-corrected chi connectivity index (χ4v) is 4.47. The third kappa shape index (κ3) is 3.87. The number of anilines is 2. The Labute approximate surface area is 187 Å². The van der Waals surface area contributed by atoms with Crippen LogP contribution in [0.2, 0.25) is 0 Å². The first-order chi connectivity index (χ1) is 15.5. The van der Waals surface area contributed by atoms with E-state index >= 15 is 0 Å². The molecule has 4 heterocycles. The van der Waals surface area contributed by atoms with Crippen molar-refractivity contribution in [1.29, 1.82) is 0 Å². The van der Waals surface area contributed by atoms with Gasteiger partial charge >= 0.3 is 0 Å². The molecule has 1 unspecified atom stereocenters. The van der Waals surface area contributed by atoms with Gasteiger partial charge in [0, 0.05) is 54.3 Å². The summed E-state index contributed by atoms with van der Waals surface area (Å²) in [6.07, 6.45) is 7.36. The van der Waals surface area contributed by atoms with Gasteiger partial charge in [0.25, 0.3) is 5.56 Å². The Morgan fingerprint density at radius 2 is 1.91 bits per heavy atom. The molecule has 2 aromatic heterocycles. The highest BCUT2D eigenvalue weighted by atomic mass is 16.5. The quantitative estimate of drug-likeness (QED) is 0.590. The standard InChI is InChI=1S/C25H27N5O2/c1-17-13-19(16-26-15-17)22-14-18-7-8-27-24(31)23(18)25(2,29-22)28-20-3-5-21(6-4-20)30-9-11-32-12-10-30/h3-8,13-16,28-29H,9-12H2,1-2H3,(H,27,31). The lowest BCUT2D eigenvalue weighted by atomic mass is 9.91. The van der Waals surface area contributed by atoms with Crippen molar-refractivity contribution < 1.29 is 4.74 Å². The van der Waals surface area contributed by atoms with Crippen LogP contribution in [0, 0.1) is 6.92 Å². The number of H-pyrrole nitrogens is 1. The van der Waals surface area contributed by atoms with Gasteiger partial charge in [-0.15, -0.1) is 0 Å². The minimum Gasteiger partial charge on any atom is -0.378 e. The number of aromatic amines is 1. The van der Waals surface area contributed by atoms with Gasteiger partial charge in [-0.3, -0.25) is 9.78 Å². The van der Waals surface area contributed by atoms with Crippen LogP contribution in [-0.4, -0.2) is 36.3 Å². The first-order valence-corrected chi connectivity index (χ1v) is 10.9. The highest BCUT2D eigenvalue weighted by Crippen LogP contribution is 2.33. The molecule has 7 nitrogen and oxygen atoms in total. The van der Waals surface area contributed by atoms with Crippen LogP contribution in [0.1, 0.15) is 29.2 Å². The molecular formula is C25H27N5O2. The molecule has 2 aliphatic heterocycles. The number of aromatic nitrogens is 2. The zero-order chi connectivity index (χ0) is 22.1. The van der Waals surface area contributed by atoms with E-state index in [2.05, 4.69) is 55.8 Å². The molecule has 0 saturated carbocycles. The van der Waals surface area contributed by atoms with E-state index in [1.54, 1.807) is 6.20 Å². The monoisotopic (exact) mass is 429 g/mol. The molecule has 3 N–H and O–H groups in total. The second-order valence-corrected chi connectivity index (χ2v) is 8.47. The summed E-state index contributed by atoms with van der Waals surface area (Å²) in [7, 11) is 0. The lowest BCUT2D eigenvalue weighted by Gasteiger charge is -2.38. The number of rotatable bonds is 4. The van der Waals surface area contributed by atoms with Crippen LogP contribution in [0.4, 0.5) is 11.4 Å². The van der Waals surface area contributed by atoms with E-state index < -0.39 is 5.66 Å². The fourth-order valence-electron chi connectivity index (χ4n) is 4.47. The van der Waals surface area contributed by atoms with Crippen LogP contribution in [0.25, 0.3) is 11.8 Å². The summed E-state index contributed by atoms with van der Waals surface area (Å²) in [6.45, 7) is 7.31. The maximum Gasteiger partial charge on any atom is 0.256 e. The SMILES string of the molecule is Cc1cncc(C2=Cc3cc[nH]c(=O)c3C(C)(Nc3ccc(N4CCOCC4)cc3)N2)c1. The van der Waals surface area contributed by atoms with Gasteiger partial charge in [0.15, 0.2) is 0 Å². The topological polar surface area (TPSA) is 82.3 Å². The molecule has 32 heavy (non-hydrogen) atoms. The average Bonchev–Trinajstić information content (AvgIpc) is 2.80. The van der Waals surface area contributed by atoms with Gasteiger partial charge in [-0.05, 0) is 67.4 Å². The zero-order valence-electron chi connectivity index (χ0n) is 18.3. The van der Waals surface area contributed by atoms with Crippen molar-refractivity contribution in [3.05, 3.63) is 87.6 Å². The molecule has 7 heteroatoms. The van der Waals surface area contributed by atoms with E-state index in [1.165, 1.54) is 5.69 Å². The highest BCUT2D eigenvalue weighted by Gasteiger charge is 2.35. The Balaban J connectivity index is 1.48. The van der Waals surface area contributed by atoms with E-state index in [9.17, 15) is 4.79 Å². The molecule has 1 fully saturated rings. The molecule has 164 valence electrons. The van der Waals surface area contributed by atoms with Crippen LogP contribution in [0.5, 0.6) is 0 Å². The Hall–Kier alpha value is -3.58. The molecule has 1 saturated heterocycles. The van der Waals surface area contributed by atoms with Gasteiger partial charge in [0.2, 0.25) is 0 Å². The summed E-state index contributed by atoms with van der Waals surface area (Å²) in [5.41, 5.74) is 5.68. The number of hydrogen-bond acceptors (Lipinski definition) is 6. The third-order valence-corrected chi connectivity index (χ3v) is 6.00. The first-order valence-electron chi connectivity index (χ1n) is 10.9. The largest absolute Gasteiger partial charge is 0.378 e. The van der Waals surface area contributed by atoms with E-state index in [0.29, 0.717) is 5.56 Å². The predicted octanol–water partition coefficient (Wildman–Crippen LogP) is 3.30. The normalized spacial score (nSPS) is 20.2. The van der Waals surface area contributed by atoms with Crippen molar-refractivity contribution >= 4 is 23.1 Å². The third-order valence-electron chi connectivity index (χ3n) is 6.00. The minimum absolute atomic E-state index is 0.118. The van der Waals surface area contributed by atoms with Gasteiger partial charge < -0.3 is 25.3 Å². The fraction of sp³-hybridized carbons (Fsp3) is 0.280. The zero-order valence-corrected chi connectivity index (χ0v) is 18.3. The Kier molecular flexibility index (Phi) is 5.19. The lowest BCUT2D eigenvalue weighted by molar-refractivity contribution is 0.122. The van der Waals surface area contributed by atoms with Crippen LogP contribution in [0.15, 0.2) is 59.8 Å². The van der Waals surface area contributed by atoms with Gasteiger partial charge in [-0.2, -0.15) is 0 Å². The van der Waals surface area contributed by atoms with Crippen LogP contribution in [-0.2, 0) is 10.4 Å². The number of ether oxygens (including phenoxy) is 1. The molecular weight excluding hydrogens is 402 g/mol. The molecule has 1 atom stereocenters. The number of morpholine rings is 1. The number of hydrogen-bond donors (Lipinski definition) is 3. The lowest BCUT2D eigenvalue weighted by Crippen LogP contribution is -2.51. The molecule has 0 bridgehead atoms. The molecule has 0 amide bonds. The number of aryl methyl sites for hydroxylation is 1. The highest BCUT2D eigenvalue weighted by molar-refractivity contribution is 5.84. The minimum atomic E-state index is -0.807. The van der Waals surface area contributed by atoms with Crippen molar-refractivity contribution in [2.75, 3.05) is 36.5 Å². The van der Waals surface area contributed by atoms with Gasteiger partial charge in [0.05, 0.1) is 18.8 Å². The molecule has 0 radical (unpaired) electrons. The van der Waals surface area contributed by atoms with Gasteiger partial charge in [0.1, 0.15) is 5.66 Å². The molecule has 2 aliphatic rings. The van der Waals surface area contributed by atoms with Gasteiger partial charge in [-0.1, -0.05) is 0 Å². The van der Waals surface area contributed by atoms with Crippen molar-refractivity contribution in [3.63, 3.8) is 0 Å². The molecule has 0 spiro atoms. The number of fused-ring (bicyclic) bond motifs is 1. The molecule has 3 aromatic rings. The number of nitrogens with one attached hydrogen (secondary N) is 3. The second-order valence-electron chi connectivity index (χ2n) is 8.47. The van der Waals surface area contributed by atoms with Crippen molar-refractivity contribution in [2.24, 2.45) is 0 Å². The van der Waals surface area contributed by atoms with Crippen LogP contribution in [0.3, 0.4) is 0 Å². The van der Waals surface area contributed by atoms with E-state index in [4.69, 9.17) is 4.74 Å². The summed E-state index contributed by atoms with van der Waals surface area (Å²) in [4.78, 5) is 22.3. The van der Waals surface area contributed by atoms with Gasteiger partial charge in [-0.25, -0.2) is 0 Å². The number of pyridine rings is 2. The Morgan fingerprint density at radius 3 is 2.66 bits per heavy atom.